The Morgan fingerprint density at radius 1 is 1.54 bits per heavy atom. The highest BCUT2D eigenvalue weighted by Gasteiger charge is 2.55. The van der Waals surface area contributed by atoms with Gasteiger partial charge in [0.15, 0.2) is 0 Å². The minimum Gasteiger partial charge on any atom is -0.450 e. The fraction of sp³-hybridized carbons (Fsp3) is 0.778. The highest BCUT2D eigenvalue weighted by atomic mass is 16.7. The molecule has 2 atom stereocenters. The molecule has 72 valence electrons. The number of carbonyl (C=O) groups excluding carboxylic acids is 1. The zero-order valence-electron chi connectivity index (χ0n) is 7.28. The molecule has 0 spiro atoms. The van der Waals surface area contributed by atoms with E-state index >= 15 is 0 Å². The first kappa shape index (κ1) is 8.53. The van der Waals surface area contributed by atoms with Crippen LogP contribution in [-0.4, -0.2) is 22.6 Å². The maximum Gasteiger partial charge on any atom is 0.506 e. The van der Waals surface area contributed by atoms with E-state index in [0.29, 0.717) is 6.42 Å². The summed E-state index contributed by atoms with van der Waals surface area (Å²) < 4.78 is 4.84. The molecule has 2 aliphatic rings. The topological polar surface area (TPSA) is 63.6 Å². The molecule has 2 aliphatic carbocycles. The Kier molecular flexibility index (Phi) is 1.78. The standard InChI is InChI=1S/C9H12O4/c10-7-2-1-4-9(13-8(11)12)5-3-6(7)9/h6H,1-5H2,(H,11,12)/t6-,9-/m0/s1. The van der Waals surface area contributed by atoms with Gasteiger partial charge in [-0.2, -0.15) is 0 Å². The van der Waals surface area contributed by atoms with Crippen molar-refractivity contribution in [2.75, 3.05) is 0 Å². The maximum atomic E-state index is 11.4. The predicted molar refractivity (Wildman–Crippen MR) is 43.4 cm³/mol. The first-order valence-corrected chi connectivity index (χ1v) is 4.59. The molecule has 2 saturated carbocycles. The van der Waals surface area contributed by atoms with Gasteiger partial charge in [-0.05, 0) is 25.7 Å². The molecule has 0 unspecified atom stereocenters. The van der Waals surface area contributed by atoms with E-state index in [0.717, 1.165) is 25.7 Å². The monoisotopic (exact) mass is 184 g/mol. The van der Waals surface area contributed by atoms with E-state index in [1.54, 1.807) is 0 Å². The number of hydrogen-bond donors (Lipinski definition) is 1. The first-order chi connectivity index (χ1) is 6.14. The van der Waals surface area contributed by atoms with Gasteiger partial charge in [0.25, 0.3) is 0 Å². The van der Waals surface area contributed by atoms with Gasteiger partial charge in [-0.1, -0.05) is 0 Å². The molecule has 0 bridgehead atoms. The number of rotatable bonds is 1. The van der Waals surface area contributed by atoms with Crippen molar-refractivity contribution >= 4 is 11.9 Å². The van der Waals surface area contributed by atoms with E-state index in [4.69, 9.17) is 9.84 Å². The Hall–Kier alpha value is -1.06. The van der Waals surface area contributed by atoms with Crippen molar-refractivity contribution in [1.82, 2.24) is 0 Å². The fourth-order valence-corrected chi connectivity index (χ4v) is 2.45. The highest BCUT2D eigenvalue weighted by molar-refractivity contribution is 5.84. The lowest BCUT2D eigenvalue weighted by Crippen LogP contribution is -2.56. The van der Waals surface area contributed by atoms with Crippen molar-refractivity contribution in [1.29, 1.82) is 0 Å². The van der Waals surface area contributed by atoms with Gasteiger partial charge >= 0.3 is 6.16 Å². The molecule has 2 fully saturated rings. The molecular formula is C9H12O4. The van der Waals surface area contributed by atoms with Crippen LogP contribution in [0, 0.1) is 5.92 Å². The maximum absolute atomic E-state index is 11.4. The van der Waals surface area contributed by atoms with Crippen LogP contribution in [0.2, 0.25) is 0 Å². The minimum atomic E-state index is -1.25. The summed E-state index contributed by atoms with van der Waals surface area (Å²) in [6.07, 6.45) is 2.34. The molecule has 0 aromatic heterocycles. The molecular weight excluding hydrogens is 172 g/mol. The van der Waals surface area contributed by atoms with Gasteiger partial charge in [-0.15, -0.1) is 0 Å². The summed E-state index contributed by atoms with van der Waals surface area (Å²) in [7, 11) is 0. The molecule has 0 aliphatic heterocycles. The molecule has 1 N–H and O–H groups in total. The minimum absolute atomic E-state index is 0.141. The third-order valence-electron chi connectivity index (χ3n) is 3.19. The van der Waals surface area contributed by atoms with Crippen LogP contribution in [0.4, 0.5) is 4.79 Å². The lowest BCUT2D eigenvalue weighted by atomic mass is 9.61. The average molecular weight is 184 g/mol. The normalized spacial score (nSPS) is 37.5. The second kappa shape index (κ2) is 2.72. The number of carboxylic acid groups (broad SMARTS) is 1. The Labute approximate surface area is 75.9 Å². The molecule has 0 amide bonds. The Bertz CT molecular complexity index is 260. The largest absolute Gasteiger partial charge is 0.506 e. The van der Waals surface area contributed by atoms with Gasteiger partial charge in [0.2, 0.25) is 0 Å². The van der Waals surface area contributed by atoms with E-state index in [9.17, 15) is 9.59 Å². The van der Waals surface area contributed by atoms with Crippen LogP contribution in [0.1, 0.15) is 32.1 Å². The number of hydrogen-bond acceptors (Lipinski definition) is 3. The summed E-state index contributed by atoms with van der Waals surface area (Å²) in [5.74, 6) is 0.0381. The molecule has 4 nitrogen and oxygen atoms in total. The van der Waals surface area contributed by atoms with Gasteiger partial charge in [0, 0.05) is 6.42 Å². The van der Waals surface area contributed by atoms with Crippen LogP contribution in [0.3, 0.4) is 0 Å². The second-order valence-electron chi connectivity index (χ2n) is 3.84. The van der Waals surface area contributed by atoms with Crippen LogP contribution in [0.25, 0.3) is 0 Å². The summed E-state index contributed by atoms with van der Waals surface area (Å²) in [6, 6.07) is 0. The molecule has 0 aromatic carbocycles. The fourth-order valence-electron chi connectivity index (χ4n) is 2.45. The summed E-state index contributed by atoms with van der Waals surface area (Å²) in [4.78, 5) is 21.8. The Morgan fingerprint density at radius 2 is 2.31 bits per heavy atom. The van der Waals surface area contributed by atoms with Gasteiger partial charge in [0.05, 0.1) is 5.92 Å². The van der Waals surface area contributed by atoms with Crippen molar-refractivity contribution in [3.8, 4) is 0 Å². The van der Waals surface area contributed by atoms with E-state index in [2.05, 4.69) is 0 Å². The summed E-state index contributed by atoms with van der Waals surface area (Å²) in [5.41, 5.74) is -0.638. The Balaban J connectivity index is 2.12. The van der Waals surface area contributed by atoms with Crippen molar-refractivity contribution in [2.45, 2.75) is 37.7 Å². The van der Waals surface area contributed by atoms with E-state index in [-0.39, 0.29) is 11.7 Å². The van der Waals surface area contributed by atoms with E-state index in [1.807, 2.05) is 0 Å². The molecule has 0 saturated heterocycles. The van der Waals surface area contributed by atoms with Gasteiger partial charge in [-0.3, -0.25) is 4.79 Å². The van der Waals surface area contributed by atoms with Gasteiger partial charge in [0.1, 0.15) is 11.4 Å². The van der Waals surface area contributed by atoms with E-state index < -0.39 is 11.8 Å². The zero-order chi connectivity index (χ0) is 9.47. The van der Waals surface area contributed by atoms with Crippen LogP contribution in [0.15, 0.2) is 0 Å². The Morgan fingerprint density at radius 3 is 2.85 bits per heavy atom. The third-order valence-corrected chi connectivity index (χ3v) is 3.19. The van der Waals surface area contributed by atoms with Gasteiger partial charge < -0.3 is 9.84 Å². The van der Waals surface area contributed by atoms with Crippen LogP contribution >= 0.6 is 0 Å². The second-order valence-corrected chi connectivity index (χ2v) is 3.84. The molecule has 0 heterocycles. The molecule has 13 heavy (non-hydrogen) atoms. The van der Waals surface area contributed by atoms with Crippen LogP contribution in [0.5, 0.6) is 0 Å². The van der Waals surface area contributed by atoms with Crippen molar-refractivity contribution in [3.63, 3.8) is 0 Å². The molecule has 0 radical (unpaired) electrons. The number of ether oxygens (including phenoxy) is 1. The molecule has 0 aromatic rings. The summed E-state index contributed by atoms with van der Waals surface area (Å²) in [5, 5.41) is 8.54. The summed E-state index contributed by atoms with van der Waals surface area (Å²) >= 11 is 0. The third kappa shape index (κ3) is 1.20. The molecule has 2 rings (SSSR count). The van der Waals surface area contributed by atoms with Gasteiger partial charge in [-0.25, -0.2) is 4.79 Å². The first-order valence-electron chi connectivity index (χ1n) is 4.59. The lowest BCUT2D eigenvalue weighted by Gasteiger charge is -2.49. The van der Waals surface area contributed by atoms with E-state index in [1.165, 1.54) is 0 Å². The quantitative estimate of drug-likeness (QED) is 0.628. The van der Waals surface area contributed by atoms with Crippen LogP contribution < -0.4 is 0 Å². The SMILES string of the molecule is O=C(O)O[C@]12CCCC(=O)[C@@H]1CC2. The lowest BCUT2D eigenvalue weighted by molar-refractivity contribution is -0.161. The van der Waals surface area contributed by atoms with Crippen LogP contribution in [-0.2, 0) is 9.53 Å². The molecule has 4 heteroatoms. The van der Waals surface area contributed by atoms with Crippen molar-refractivity contribution in [3.05, 3.63) is 0 Å². The van der Waals surface area contributed by atoms with Crippen molar-refractivity contribution in [2.24, 2.45) is 5.92 Å². The zero-order valence-corrected chi connectivity index (χ0v) is 7.28. The summed E-state index contributed by atoms with van der Waals surface area (Å²) in [6.45, 7) is 0. The predicted octanol–water partition coefficient (Wildman–Crippen LogP) is 1.58. The number of fused-ring (bicyclic) bond motifs is 1. The van der Waals surface area contributed by atoms with Crippen molar-refractivity contribution < 1.29 is 19.4 Å². The average Bonchev–Trinajstić information content (AvgIpc) is 1.97. The number of Topliss-reactive ketones (excluding diaryl/α,β-unsaturated/α-hetero) is 1. The smallest absolute Gasteiger partial charge is 0.450 e. The number of ketones is 1. The number of carbonyl (C=O) groups is 2. The highest BCUT2D eigenvalue weighted by Crippen LogP contribution is 2.49.